The van der Waals surface area contributed by atoms with Gasteiger partial charge in [0, 0.05) is 29.2 Å². The number of hydrogen-bond acceptors (Lipinski definition) is 3. The molecule has 1 aliphatic carbocycles. The molecular formula is C15H25NO3S. The van der Waals surface area contributed by atoms with E-state index in [1.165, 1.54) is 6.26 Å². The summed E-state index contributed by atoms with van der Waals surface area (Å²) in [5.41, 5.74) is 3.15. The maximum Gasteiger partial charge on any atom is 0.149 e. The molecule has 0 radical (unpaired) electrons. The fourth-order valence-corrected chi connectivity index (χ4v) is 4.52. The standard InChI is InChI=1S/C15H25NO3S/c1-10-6-12-13(7-15(3,4)8-14(12)17)16(10)11(2)9-20(5,18)19/h6,11,14,17H,7-9H2,1-5H3. The zero-order valence-corrected chi connectivity index (χ0v) is 13.8. The lowest BCUT2D eigenvalue weighted by molar-refractivity contribution is 0.0977. The lowest BCUT2D eigenvalue weighted by Crippen LogP contribution is -2.28. The van der Waals surface area contributed by atoms with Crippen LogP contribution in [0.2, 0.25) is 0 Å². The number of nitrogens with zero attached hydrogens (tertiary/aromatic N) is 1. The Morgan fingerprint density at radius 2 is 2.10 bits per heavy atom. The Morgan fingerprint density at radius 3 is 2.65 bits per heavy atom. The van der Waals surface area contributed by atoms with Crippen LogP contribution >= 0.6 is 0 Å². The molecule has 0 saturated heterocycles. The van der Waals surface area contributed by atoms with Gasteiger partial charge in [0.05, 0.1) is 11.9 Å². The molecular weight excluding hydrogens is 274 g/mol. The van der Waals surface area contributed by atoms with Crippen molar-refractivity contribution >= 4 is 9.84 Å². The van der Waals surface area contributed by atoms with Crippen LogP contribution in [0, 0.1) is 12.3 Å². The van der Waals surface area contributed by atoms with E-state index in [-0.39, 0.29) is 17.2 Å². The Kier molecular flexibility index (Phi) is 3.80. The third-order valence-electron chi connectivity index (χ3n) is 4.10. The van der Waals surface area contributed by atoms with Crippen molar-refractivity contribution in [1.29, 1.82) is 0 Å². The molecule has 4 nitrogen and oxygen atoms in total. The predicted octanol–water partition coefficient (Wildman–Crippen LogP) is 2.41. The number of aryl methyl sites for hydroxylation is 1. The number of aliphatic hydroxyl groups excluding tert-OH is 1. The molecule has 0 saturated carbocycles. The number of sulfone groups is 1. The van der Waals surface area contributed by atoms with E-state index in [9.17, 15) is 13.5 Å². The van der Waals surface area contributed by atoms with Gasteiger partial charge in [-0.25, -0.2) is 8.42 Å². The van der Waals surface area contributed by atoms with Crippen molar-refractivity contribution in [3.05, 3.63) is 23.0 Å². The van der Waals surface area contributed by atoms with Gasteiger partial charge in [0.15, 0.2) is 0 Å². The molecule has 0 bridgehead atoms. The van der Waals surface area contributed by atoms with Crippen LogP contribution in [0.4, 0.5) is 0 Å². The first-order chi connectivity index (χ1) is 9.00. The molecule has 0 aliphatic heterocycles. The molecule has 0 aromatic carbocycles. The monoisotopic (exact) mass is 299 g/mol. The van der Waals surface area contributed by atoms with Crippen LogP contribution in [0.25, 0.3) is 0 Å². The molecule has 1 aliphatic rings. The summed E-state index contributed by atoms with van der Waals surface area (Å²) in [6.07, 6.45) is 2.46. The molecule has 20 heavy (non-hydrogen) atoms. The van der Waals surface area contributed by atoms with Gasteiger partial charge in [-0.05, 0) is 38.2 Å². The maximum atomic E-state index is 11.5. The molecule has 1 aromatic heterocycles. The van der Waals surface area contributed by atoms with Crippen LogP contribution in [0.5, 0.6) is 0 Å². The predicted molar refractivity (Wildman–Crippen MR) is 80.7 cm³/mol. The molecule has 0 fully saturated rings. The summed E-state index contributed by atoms with van der Waals surface area (Å²) >= 11 is 0. The lowest BCUT2D eigenvalue weighted by atomic mass is 9.75. The van der Waals surface area contributed by atoms with Gasteiger partial charge in [0.2, 0.25) is 0 Å². The van der Waals surface area contributed by atoms with Crippen molar-refractivity contribution in [2.75, 3.05) is 12.0 Å². The molecule has 1 heterocycles. The second-order valence-corrected chi connectivity index (χ2v) is 9.24. The Labute approximate surface area is 121 Å². The van der Waals surface area contributed by atoms with Crippen molar-refractivity contribution in [2.45, 2.75) is 52.7 Å². The first-order valence-electron chi connectivity index (χ1n) is 7.06. The van der Waals surface area contributed by atoms with Gasteiger partial charge in [-0.15, -0.1) is 0 Å². The topological polar surface area (TPSA) is 59.3 Å². The summed E-state index contributed by atoms with van der Waals surface area (Å²) < 4.78 is 25.2. The summed E-state index contributed by atoms with van der Waals surface area (Å²) in [6.45, 7) is 8.21. The maximum absolute atomic E-state index is 11.5. The Morgan fingerprint density at radius 1 is 1.50 bits per heavy atom. The van der Waals surface area contributed by atoms with Crippen LogP contribution in [0.3, 0.4) is 0 Å². The zero-order chi connectivity index (χ0) is 15.3. The molecule has 0 amide bonds. The van der Waals surface area contributed by atoms with Gasteiger partial charge in [-0.2, -0.15) is 0 Å². The quantitative estimate of drug-likeness (QED) is 0.932. The second-order valence-electron chi connectivity index (χ2n) is 7.06. The fraction of sp³-hybridized carbons (Fsp3) is 0.733. The Hall–Kier alpha value is -0.810. The average Bonchev–Trinajstić information content (AvgIpc) is 2.50. The fourth-order valence-electron chi connectivity index (χ4n) is 3.49. The highest BCUT2D eigenvalue weighted by Gasteiger charge is 2.35. The van der Waals surface area contributed by atoms with Crippen molar-refractivity contribution in [1.82, 2.24) is 4.57 Å². The van der Waals surface area contributed by atoms with Gasteiger partial charge < -0.3 is 9.67 Å². The Balaban J connectivity index is 2.46. The van der Waals surface area contributed by atoms with Crippen molar-refractivity contribution in [3.63, 3.8) is 0 Å². The van der Waals surface area contributed by atoms with E-state index < -0.39 is 15.9 Å². The highest BCUT2D eigenvalue weighted by molar-refractivity contribution is 7.90. The van der Waals surface area contributed by atoms with Crippen LogP contribution < -0.4 is 0 Å². The number of fused-ring (bicyclic) bond motifs is 1. The van der Waals surface area contributed by atoms with Crippen LogP contribution in [-0.4, -0.2) is 30.1 Å². The molecule has 1 N–H and O–H groups in total. The molecule has 2 atom stereocenters. The van der Waals surface area contributed by atoms with Gasteiger partial charge in [0.25, 0.3) is 0 Å². The zero-order valence-electron chi connectivity index (χ0n) is 13.0. The van der Waals surface area contributed by atoms with Crippen LogP contribution in [0.1, 0.15) is 56.3 Å². The lowest BCUT2D eigenvalue weighted by Gasteiger charge is -2.34. The summed E-state index contributed by atoms with van der Waals surface area (Å²) in [5.74, 6) is 0.130. The second kappa shape index (κ2) is 4.88. The highest BCUT2D eigenvalue weighted by Crippen LogP contribution is 2.42. The van der Waals surface area contributed by atoms with E-state index in [0.717, 1.165) is 29.8 Å². The number of rotatable bonds is 3. The first kappa shape index (κ1) is 15.6. The van der Waals surface area contributed by atoms with Crippen molar-refractivity contribution in [2.24, 2.45) is 5.41 Å². The SMILES string of the molecule is Cc1cc2c(n1C(C)CS(C)(=O)=O)CC(C)(C)CC2O. The molecule has 1 aromatic rings. The molecule has 5 heteroatoms. The van der Waals surface area contributed by atoms with Gasteiger partial charge in [-0.1, -0.05) is 13.8 Å². The molecule has 114 valence electrons. The Bertz CT molecular complexity index is 613. The van der Waals surface area contributed by atoms with Crippen LogP contribution in [-0.2, 0) is 16.3 Å². The smallest absolute Gasteiger partial charge is 0.149 e. The van der Waals surface area contributed by atoms with Gasteiger partial charge in [-0.3, -0.25) is 0 Å². The van der Waals surface area contributed by atoms with E-state index in [0.29, 0.717) is 0 Å². The summed E-state index contributed by atoms with van der Waals surface area (Å²) in [7, 11) is -3.02. The minimum Gasteiger partial charge on any atom is -0.388 e. The summed E-state index contributed by atoms with van der Waals surface area (Å²) in [4.78, 5) is 0. The molecule has 0 spiro atoms. The summed E-state index contributed by atoms with van der Waals surface area (Å²) in [6, 6.07) is 1.91. The average molecular weight is 299 g/mol. The third kappa shape index (κ3) is 3.09. The first-order valence-corrected chi connectivity index (χ1v) is 9.12. The van der Waals surface area contributed by atoms with E-state index in [1.807, 2.05) is 19.9 Å². The minimum atomic E-state index is -3.02. The van der Waals surface area contributed by atoms with Crippen LogP contribution in [0.15, 0.2) is 6.07 Å². The third-order valence-corrected chi connectivity index (χ3v) is 5.19. The minimum absolute atomic E-state index is 0.0414. The van der Waals surface area contributed by atoms with Crippen molar-refractivity contribution < 1.29 is 13.5 Å². The van der Waals surface area contributed by atoms with E-state index in [4.69, 9.17) is 0 Å². The van der Waals surface area contributed by atoms with E-state index in [1.54, 1.807) is 0 Å². The van der Waals surface area contributed by atoms with Gasteiger partial charge >= 0.3 is 0 Å². The van der Waals surface area contributed by atoms with E-state index >= 15 is 0 Å². The van der Waals surface area contributed by atoms with Gasteiger partial charge in [0.1, 0.15) is 9.84 Å². The molecule has 2 unspecified atom stereocenters. The highest BCUT2D eigenvalue weighted by atomic mass is 32.2. The number of hydrogen-bond donors (Lipinski definition) is 1. The summed E-state index contributed by atoms with van der Waals surface area (Å²) in [5, 5.41) is 10.3. The number of aromatic nitrogens is 1. The molecule has 2 rings (SSSR count). The normalized spacial score (nSPS) is 23.4. The van der Waals surface area contributed by atoms with E-state index in [2.05, 4.69) is 18.4 Å². The number of aliphatic hydroxyl groups is 1. The van der Waals surface area contributed by atoms with Crippen molar-refractivity contribution in [3.8, 4) is 0 Å². The largest absolute Gasteiger partial charge is 0.388 e.